The summed E-state index contributed by atoms with van der Waals surface area (Å²) in [6.07, 6.45) is 0. The first kappa shape index (κ1) is 8.15. The average Bonchev–Trinajstić information content (AvgIpc) is 2.52. The zero-order valence-corrected chi connectivity index (χ0v) is 7.30. The van der Waals surface area contributed by atoms with Gasteiger partial charge in [0.1, 0.15) is 0 Å². The van der Waals surface area contributed by atoms with Gasteiger partial charge in [-0.1, -0.05) is 17.7 Å². The van der Waals surface area contributed by atoms with Gasteiger partial charge < -0.3 is 0 Å². The van der Waals surface area contributed by atoms with E-state index in [1.54, 1.807) is 18.2 Å². The number of hydrogen-bond donors (Lipinski definition) is 3. The van der Waals surface area contributed by atoms with E-state index < -0.39 is 0 Å². The zero-order chi connectivity index (χ0) is 9.26. The molecule has 2 rings (SSSR count). The Morgan fingerprint density at radius 2 is 2.23 bits per heavy atom. The van der Waals surface area contributed by atoms with Gasteiger partial charge in [-0.05, 0) is 18.2 Å². The van der Waals surface area contributed by atoms with E-state index in [-0.39, 0.29) is 6.03 Å². The number of benzene rings is 1. The quantitative estimate of drug-likeness (QED) is 0.626. The van der Waals surface area contributed by atoms with Gasteiger partial charge in [0.05, 0.1) is 5.69 Å². The van der Waals surface area contributed by atoms with Crippen molar-refractivity contribution < 1.29 is 4.79 Å². The summed E-state index contributed by atoms with van der Waals surface area (Å²) in [5, 5.41) is 2.05. The van der Waals surface area contributed by atoms with Crippen LogP contribution in [0.5, 0.6) is 0 Å². The van der Waals surface area contributed by atoms with Crippen LogP contribution in [0.4, 0.5) is 10.5 Å². The van der Waals surface area contributed by atoms with Crippen molar-refractivity contribution in [3.8, 4) is 0 Å². The standard InChI is InChI=1S/C7H7ClN4O/c8-5-2-1-3-6(4-5)12-10-7(13)9-11-12/h1-4,11H,(H2,9,10,13). The average molecular weight is 199 g/mol. The van der Waals surface area contributed by atoms with Gasteiger partial charge in [-0.2, -0.15) is 5.12 Å². The minimum absolute atomic E-state index is 0.306. The first-order valence-corrected chi connectivity index (χ1v) is 4.01. The smallest absolute Gasteiger partial charge is 0.252 e. The molecule has 2 amide bonds. The molecule has 13 heavy (non-hydrogen) atoms. The number of nitrogens with zero attached hydrogens (tertiary/aromatic N) is 1. The molecule has 0 aliphatic carbocycles. The molecule has 3 N–H and O–H groups in total. The summed E-state index contributed by atoms with van der Waals surface area (Å²) in [5.74, 6) is 0. The van der Waals surface area contributed by atoms with Crippen LogP contribution in [-0.2, 0) is 0 Å². The first-order valence-electron chi connectivity index (χ1n) is 3.64. The second-order valence-corrected chi connectivity index (χ2v) is 2.93. The van der Waals surface area contributed by atoms with Crippen molar-refractivity contribution >= 4 is 23.3 Å². The van der Waals surface area contributed by atoms with Crippen LogP contribution in [0.15, 0.2) is 24.3 Å². The highest BCUT2D eigenvalue weighted by atomic mass is 35.5. The number of amides is 2. The van der Waals surface area contributed by atoms with Crippen LogP contribution in [0.1, 0.15) is 0 Å². The summed E-state index contributed by atoms with van der Waals surface area (Å²) in [6.45, 7) is 0. The highest BCUT2D eigenvalue weighted by Crippen LogP contribution is 2.17. The van der Waals surface area contributed by atoms with Crippen LogP contribution in [0, 0.1) is 0 Å². The SMILES string of the molecule is O=C1NNN(c2cccc(Cl)c2)N1. The molecule has 0 spiro atoms. The number of rotatable bonds is 1. The number of anilines is 1. The Labute approximate surface area is 79.6 Å². The van der Waals surface area contributed by atoms with Gasteiger partial charge in [0.25, 0.3) is 0 Å². The van der Waals surface area contributed by atoms with Gasteiger partial charge in [-0.25, -0.2) is 10.2 Å². The van der Waals surface area contributed by atoms with Crippen LogP contribution >= 0.6 is 11.6 Å². The van der Waals surface area contributed by atoms with E-state index >= 15 is 0 Å². The minimum atomic E-state index is -0.306. The third-order valence-corrected chi connectivity index (χ3v) is 1.80. The Morgan fingerprint density at radius 3 is 2.85 bits per heavy atom. The Morgan fingerprint density at radius 1 is 1.38 bits per heavy atom. The third-order valence-electron chi connectivity index (χ3n) is 1.56. The van der Waals surface area contributed by atoms with Gasteiger partial charge >= 0.3 is 6.03 Å². The number of carbonyl (C=O) groups excluding carboxylic acids is 1. The molecule has 0 unspecified atom stereocenters. The second kappa shape index (κ2) is 3.12. The third kappa shape index (κ3) is 1.66. The molecule has 1 aliphatic heterocycles. The van der Waals surface area contributed by atoms with E-state index in [1.807, 2.05) is 6.07 Å². The molecule has 0 atom stereocenters. The molecule has 1 aromatic carbocycles. The van der Waals surface area contributed by atoms with Crippen molar-refractivity contribution in [2.45, 2.75) is 0 Å². The van der Waals surface area contributed by atoms with E-state index in [2.05, 4.69) is 16.4 Å². The molecule has 0 radical (unpaired) electrons. The first-order chi connectivity index (χ1) is 6.25. The molecule has 0 saturated carbocycles. The maximum absolute atomic E-state index is 10.8. The van der Waals surface area contributed by atoms with Crippen molar-refractivity contribution in [3.05, 3.63) is 29.3 Å². The fraction of sp³-hybridized carbons (Fsp3) is 0. The molecule has 0 bridgehead atoms. The minimum Gasteiger partial charge on any atom is -0.252 e. The highest BCUT2D eigenvalue weighted by Gasteiger charge is 2.16. The molecule has 1 fully saturated rings. The van der Waals surface area contributed by atoms with E-state index in [4.69, 9.17) is 11.6 Å². The molecule has 5 nitrogen and oxygen atoms in total. The van der Waals surface area contributed by atoms with Crippen LogP contribution in [0.2, 0.25) is 5.02 Å². The fourth-order valence-electron chi connectivity index (χ4n) is 1.01. The lowest BCUT2D eigenvalue weighted by Gasteiger charge is -2.14. The summed E-state index contributed by atoms with van der Waals surface area (Å²) in [5.41, 5.74) is 8.25. The molecule has 1 saturated heterocycles. The molecule has 1 heterocycles. The number of hydrazine groups is 3. The maximum atomic E-state index is 10.8. The monoisotopic (exact) mass is 198 g/mol. The second-order valence-electron chi connectivity index (χ2n) is 2.49. The van der Waals surface area contributed by atoms with Crippen molar-refractivity contribution in [3.63, 3.8) is 0 Å². The molecule has 0 aromatic heterocycles. The predicted octanol–water partition coefficient (Wildman–Crippen LogP) is 0.794. The molecule has 1 aromatic rings. The van der Waals surface area contributed by atoms with Gasteiger partial charge in [-0.3, -0.25) is 5.43 Å². The van der Waals surface area contributed by atoms with Crippen molar-refractivity contribution in [2.75, 3.05) is 5.12 Å². The van der Waals surface area contributed by atoms with E-state index in [9.17, 15) is 4.79 Å². The van der Waals surface area contributed by atoms with Crippen molar-refractivity contribution in [1.82, 2.24) is 16.4 Å². The highest BCUT2D eigenvalue weighted by molar-refractivity contribution is 6.30. The van der Waals surface area contributed by atoms with Gasteiger partial charge in [0, 0.05) is 5.02 Å². The summed E-state index contributed by atoms with van der Waals surface area (Å²) < 4.78 is 0. The Kier molecular flexibility index (Phi) is 1.96. The van der Waals surface area contributed by atoms with E-state index in [0.29, 0.717) is 5.02 Å². The summed E-state index contributed by atoms with van der Waals surface area (Å²) in [6, 6.07) is 6.79. The summed E-state index contributed by atoms with van der Waals surface area (Å²) in [4.78, 5) is 10.8. The predicted molar refractivity (Wildman–Crippen MR) is 48.7 cm³/mol. The van der Waals surface area contributed by atoms with E-state index in [1.165, 1.54) is 5.12 Å². The molecular formula is C7H7ClN4O. The number of urea groups is 1. The van der Waals surface area contributed by atoms with Gasteiger partial charge in [-0.15, -0.1) is 5.53 Å². The van der Waals surface area contributed by atoms with E-state index in [0.717, 1.165) is 5.69 Å². The Balaban J connectivity index is 2.21. The van der Waals surface area contributed by atoms with Crippen LogP contribution in [0.25, 0.3) is 0 Å². The zero-order valence-electron chi connectivity index (χ0n) is 6.54. The molecule has 68 valence electrons. The van der Waals surface area contributed by atoms with Gasteiger partial charge in [0.15, 0.2) is 0 Å². The number of halogens is 1. The summed E-state index contributed by atoms with van der Waals surface area (Å²) in [7, 11) is 0. The molecule has 6 heteroatoms. The lowest BCUT2D eigenvalue weighted by atomic mass is 10.3. The topological polar surface area (TPSA) is 56.4 Å². The normalized spacial score (nSPS) is 15.5. The van der Waals surface area contributed by atoms with Crippen molar-refractivity contribution in [2.24, 2.45) is 0 Å². The lowest BCUT2D eigenvalue weighted by molar-refractivity contribution is 0.247. The largest absolute Gasteiger partial charge is 0.350 e. The molecular weight excluding hydrogens is 192 g/mol. The Bertz CT molecular complexity index is 343. The van der Waals surface area contributed by atoms with Crippen LogP contribution in [0.3, 0.4) is 0 Å². The lowest BCUT2D eigenvalue weighted by Crippen LogP contribution is -2.40. The number of nitrogens with one attached hydrogen (secondary N) is 3. The Hall–Kier alpha value is -1.46. The van der Waals surface area contributed by atoms with Crippen LogP contribution in [-0.4, -0.2) is 6.03 Å². The van der Waals surface area contributed by atoms with Crippen molar-refractivity contribution in [1.29, 1.82) is 0 Å². The van der Waals surface area contributed by atoms with Crippen LogP contribution < -0.4 is 21.5 Å². The maximum Gasteiger partial charge on any atom is 0.350 e. The molecule has 1 aliphatic rings. The summed E-state index contributed by atoms with van der Waals surface area (Å²) >= 11 is 5.77. The number of carbonyl (C=O) groups is 1. The fourth-order valence-corrected chi connectivity index (χ4v) is 1.19. The number of hydrogen-bond acceptors (Lipinski definition) is 3. The van der Waals surface area contributed by atoms with Gasteiger partial charge in [0.2, 0.25) is 0 Å².